The number of fused-ring (bicyclic) bond motifs is 1. The van der Waals surface area contributed by atoms with Gasteiger partial charge in [0.1, 0.15) is 0 Å². The second-order valence-corrected chi connectivity index (χ2v) is 10.7. The van der Waals surface area contributed by atoms with Gasteiger partial charge in [-0.05, 0) is 22.6 Å². The summed E-state index contributed by atoms with van der Waals surface area (Å²) in [6.07, 6.45) is 0. The molecule has 4 aromatic rings. The molecule has 0 spiro atoms. The molecule has 0 fully saturated rings. The first-order valence-electron chi connectivity index (χ1n) is 9.14. The second-order valence-electron chi connectivity index (χ2n) is 6.00. The summed E-state index contributed by atoms with van der Waals surface area (Å²) in [7, 11) is 0. The van der Waals surface area contributed by atoms with E-state index in [1.807, 2.05) is 43.3 Å². The number of thioether (sulfide) groups is 2. The van der Waals surface area contributed by atoms with Crippen molar-refractivity contribution in [2.24, 2.45) is 0 Å². The Morgan fingerprint density at radius 3 is 2.32 bits per heavy atom. The van der Waals surface area contributed by atoms with Crippen LogP contribution in [-0.2, 0) is 4.79 Å². The van der Waals surface area contributed by atoms with Crippen LogP contribution in [0.25, 0.3) is 10.8 Å². The highest BCUT2D eigenvalue weighted by atomic mass is 32.2. The highest BCUT2D eigenvalue weighted by Crippen LogP contribution is 2.28. The van der Waals surface area contributed by atoms with Gasteiger partial charge in [0.2, 0.25) is 16.2 Å². The maximum atomic E-state index is 12.7. The van der Waals surface area contributed by atoms with Crippen molar-refractivity contribution >= 4 is 79.0 Å². The van der Waals surface area contributed by atoms with Gasteiger partial charge in [-0.3, -0.25) is 20.2 Å². The van der Waals surface area contributed by atoms with Gasteiger partial charge in [0, 0.05) is 5.56 Å². The molecule has 4 rings (SSSR count). The minimum Gasteiger partial charge on any atom is -0.300 e. The quantitative estimate of drug-likeness (QED) is 0.273. The second kappa shape index (κ2) is 10.2. The smallest absolute Gasteiger partial charge is 0.258 e. The number of benzene rings is 2. The number of aromatic nitrogens is 4. The number of nitrogens with one attached hydrogen (secondary N) is 2. The molecule has 2 amide bonds. The summed E-state index contributed by atoms with van der Waals surface area (Å²) in [5.74, 6) is 0.598. The van der Waals surface area contributed by atoms with Gasteiger partial charge in [-0.1, -0.05) is 89.5 Å². The minimum atomic E-state index is -0.251. The first-order chi connectivity index (χ1) is 15.1. The van der Waals surface area contributed by atoms with Crippen molar-refractivity contribution < 1.29 is 9.59 Å². The van der Waals surface area contributed by atoms with E-state index in [9.17, 15) is 9.59 Å². The molecule has 0 aliphatic heterocycles. The Hall–Kier alpha value is -2.54. The zero-order valence-electron chi connectivity index (χ0n) is 16.2. The maximum Gasteiger partial charge on any atom is 0.258 e. The molecule has 12 heteroatoms. The Labute approximate surface area is 194 Å². The monoisotopic (exact) mass is 488 g/mol. The normalized spacial score (nSPS) is 10.9. The third-order valence-electron chi connectivity index (χ3n) is 3.91. The lowest BCUT2D eigenvalue weighted by Gasteiger charge is -2.05. The van der Waals surface area contributed by atoms with Crippen LogP contribution >= 0.6 is 46.2 Å². The van der Waals surface area contributed by atoms with Crippen molar-refractivity contribution in [1.82, 2.24) is 20.4 Å². The number of carbonyl (C=O) groups is 2. The molecule has 31 heavy (non-hydrogen) atoms. The van der Waals surface area contributed by atoms with Crippen LogP contribution in [0.5, 0.6) is 0 Å². The van der Waals surface area contributed by atoms with Crippen LogP contribution in [0.3, 0.4) is 0 Å². The van der Waals surface area contributed by atoms with Crippen molar-refractivity contribution in [3.63, 3.8) is 0 Å². The molecule has 2 aromatic heterocycles. The van der Waals surface area contributed by atoms with E-state index in [2.05, 4.69) is 31.0 Å². The fourth-order valence-electron chi connectivity index (χ4n) is 2.63. The SMILES string of the molecule is CCSc1nnc(NC(=O)CSc2nnc(NC(=O)c3cccc4ccccc34)s2)s1. The van der Waals surface area contributed by atoms with Crippen LogP contribution in [0, 0.1) is 0 Å². The molecular formula is C19H16N6O2S4. The molecule has 2 heterocycles. The van der Waals surface area contributed by atoms with Gasteiger partial charge in [-0.2, -0.15) is 0 Å². The summed E-state index contributed by atoms with van der Waals surface area (Å²) in [5, 5.41) is 24.2. The molecule has 158 valence electrons. The van der Waals surface area contributed by atoms with Gasteiger partial charge in [0.15, 0.2) is 8.68 Å². The summed E-state index contributed by atoms with van der Waals surface area (Å²) < 4.78 is 1.41. The van der Waals surface area contributed by atoms with Crippen LogP contribution in [0.2, 0.25) is 0 Å². The number of hydrogen-bond donors (Lipinski definition) is 2. The zero-order valence-corrected chi connectivity index (χ0v) is 19.5. The van der Waals surface area contributed by atoms with Crippen LogP contribution in [0.15, 0.2) is 51.1 Å². The average molecular weight is 489 g/mol. The van der Waals surface area contributed by atoms with E-state index in [0.29, 0.717) is 20.2 Å². The van der Waals surface area contributed by atoms with E-state index in [4.69, 9.17) is 0 Å². The van der Waals surface area contributed by atoms with Crippen molar-refractivity contribution in [3.8, 4) is 0 Å². The molecule has 0 saturated carbocycles. The Bertz CT molecular complexity index is 1220. The lowest BCUT2D eigenvalue weighted by atomic mass is 10.0. The number of hydrogen-bond acceptors (Lipinski definition) is 10. The van der Waals surface area contributed by atoms with Gasteiger partial charge in [0.25, 0.3) is 5.91 Å². The number of carbonyl (C=O) groups excluding carboxylic acids is 2. The molecule has 0 bridgehead atoms. The van der Waals surface area contributed by atoms with E-state index in [0.717, 1.165) is 20.9 Å². The summed E-state index contributed by atoms with van der Waals surface area (Å²) in [6.45, 7) is 2.03. The number of anilines is 2. The topological polar surface area (TPSA) is 110 Å². The van der Waals surface area contributed by atoms with Crippen molar-refractivity contribution in [1.29, 1.82) is 0 Å². The number of nitrogens with zero attached hydrogens (tertiary/aromatic N) is 4. The van der Waals surface area contributed by atoms with Gasteiger partial charge in [-0.25, -0.2) is 0 Å². The molecule has 0 aliphatic rings. The highest BCUT2D eigenvalue weighted by Gasteiger charge is 2.14. The maximum absolute atomic E-state index is 12.7. The third kappa shape index (κ3) is 5.58. The highest BCUT2D eigenvalue weighted by molar-refractivity contribution is 8.01. The van der Waals surface area contributed by atoms with Gasteiger partial charge < -0.3 is 0 Å². The average Bonchev–Trinajstić information content (AvgIpc) is 3.41. The summed E-state index contributed by atoms with van der Waals surface area (Å²) in [6, 6.07) is 13.3. The minimum absolute atomic E-state index is 0.155. The van der Waals surface area contributed by atoms with Gasteiger partial charge in [-0.15, -0.1) is 20.4 Å². The molecule has 2 aromatic carbocycles. The zero-order chi connectivity index (χ0) is 21.6. The van der Waals surface area contributed by atoms with E-state index in [-0.39, 0.29) is 17.6 Å². The summed E-state index contributed by atoms with van der Waals surface area (Å²) in [5.41, 5.74) is 0.569. The standard InChI is InChI=1S/C19H16N6O2S4/c1-2-28-18-24-22-16(30-18)20-14(26)10-29-19-25-23-17(31-19)21-15(27)13-9-5-7-11-6-3-4-8-12(11)13/h3-9H,2,10H2,1H3,(H,20,22,26)(H,21,23,27). The van der Waals surface area contributed by atoms with E-state index < -0.39 is 0 Å². The van der Waals surface area contributed by atoms with E-state index in [1.165, 1.54) is 34.4 Å². The Morgan fingerprint density at radius 1 is 0.871 bits per heavy atom. The first-order valence-corrected chi connectivity index (χ1v) is 12.7. The fourth-order valence-corrected chi connectivity index (χ4v) is 5.84. The van der Waals surface area contributed by atoms with Gasteiger partial charge in [0.05, 0.1) is 5.75 Å². The predicted molar refractivity (Wildman–Crippen MR) is 127 cm³/mol. The summed E-state index contributed by atoms with van der Waals surface area (Å²) in [4.78, 5) is 24.8. The lowest BCUT2D eigenvalue weighted by molar-refractivity contribution is -0.113. The van der Waals surface area contributed by atoms with E-state index in [1.54, 1.807) is 17.8 Å². The molecule has 0 aliphatic carbocycles. The first kappa shape index (κ1) is 21.7. The third-order valence-corrected chi connectivity index (χ3v) is 7.73. The number of amides is 2. The Balaban J connectivity index is 1.32. The molecule has 0 radical (unpaired) electrons. The predicted octanol–water partition coefficient (Wildman–Crippen LogP) is 4.64. The Morgan fingerprint density at radius 2 is 1.55 bits per heavy atom. The molecule has 0 unspecified atom stereocenters. The van der Waals surface area contributed by atoms with Crippen molar-refractivity contribution in [2.45, 2.75) is 15.6 Å². The van der Waals surface area contributed by atoms with Crippen molar-refractivity contribution in [2.75, 3.05) is 22.1 Å². The largest absolute Gasteiger partial charge is 0.300 e. The van der Waals surface area contributed by atoms with Crippen LogP contribution in [0.1, 0.15) is 17.3 Å². The van der Waals surface area contributed by atoms with Crippen LogP contribution in [-0.4, -0.2) is 43.7 Å². The molecule has 2 N–H and O–H groups in total. The summed E-state index contributed by atoms with van der Waals surface area (Å²) >= 11 is 5.39. The fraction of sp³-hybridized carbons (Fsp3) is 0.158. The molecule has 0 atom stereocenters. The van der Waals surface area contributed by atoms with Gasteiger partial charge >= 0.3 is 0 Å². The van der Waals surface area contributed by atoms with Crippen LogP contribution < -0.4 is 10.6 Å². The van der Waals surface area contributed by atoms with Crippen molar-refractivity contribution in [3.05, 3.63) is 48.0 Å². The van der Waals surface area contributed by atoms with Crippen LogP contribution in [0.4, 0.5) is 10.3 Å². The lowest BCUT2D eigenvalue weighted by Crippen LogP contribution is -2.13. The Kier molecular flexibility index (Phi) is 7.12. The molecular weight excluding hydrogens is 473 g/mol. The van der Waals surface area contributed by atoms with E-state index >= 15 is 0 Å². The number of rotatable bonds is 8. The molecule has 0 saturated heterocycles. The molecule has 8 nitrogen and oxygen atoms in total.